The molecule has 0 aromatic rings. The van der Waals surface area contributed by atoms with Crippen molar-refractivity contribution >= 4 is 5.78 Å². The van der Waals surface area contributed by atoms with Gasteiger partial charge in [0.25, 0.3) is 0 Å². The molecule has 1 radical (unpaired) electrons. The summed E-state index contributed by atoms with van der Waals surface area (Å²) in [5, 5.41) is 8.81. The Balaban J connectivity index is 0.00000128. The monoisotopic (exact) mass is 443 g/mol. The van der Waals surface area contributed by atoms with Gasteiger partial charge in [-0.1, -0.05) is 0 Å². The van der Waals surface area contributed by atoms with Gasteiger partial charge in [-0.3, -0.25) is 4.79 Å². The average Bonchev–Trinajstić information content (AvgIpc) is 2.90. The summed E-state index contributed by atoms with van der Waals surface area (Å²) in [5.74, 6) is -1.23. The zero-order chi connectivity index (χ0) is 11.3. The standard InChI is InChI=1S/C10H16O5.Ac/c1-9-7(11)4-6(5-8(9)14-9)10(2,13-3)15-12;/h6,8,12H,4-5H2,1-3H3;. The van der Waals surface area contributed by atoms with E-state index in [9.17, 15) is 4.79 Å². The molecule has 6 heteroatoms. The van der Waals surface area contributed by atoms with E-state index in [1.807, 2.05) is 0 Å². The first-order valence-electron chi connectivity index (χ1n) is 5.05. The van der Waals surface area contributed by atoms with E-state index in [1.165, 1.54) is 7.11 Å². The van der Waals surface area contributed by atoms with Gasteiger partial charge >= 0.3 is 0 Å². The molecule has 1 heterocycles. The molecule has 2 aliphatic rings. The molecule has 0 aromatic carbocycles. The van der Waals surface area contributed by atoms with E-state index in [0.717, 1.165) is 0 Å². The maximum absolute atomic E-state index is 11.7. The minimum Gasteiger partial charge on any atom is -0.358 e. The van der Waals surface area contributed by atoms with Gasteiger partial charge in [-0.2, -0.15) is 0 Å². The molecule has 0 amide bonds. The number of hydrogen-bond donors (Lipinski definition) is 1. The molecule has 0 bridgehead atoms. The van der Waals surface area contributed by atoms with Crippen LogP contribution in [-0.2, 0) is 19.2 Å². The molecule has 2 rings (SSSR count). The van der Waals surface area contributed by atoms with Crippen molar-refractivity contribution < 1.29 is 68.5 Å². The van der Waals surface area contributed by atoms with Crippen molar-refractivity contribution in [3.05, 3.63) is 0 Å². The van der Waals surface area contributed by atoms with E-state index in [1.54, 1.807) is 13.8 Å². The van der Waals surface area contributed by atoms with Gasteiger partial charge in [0.2, 0.25) is 5.79 Å². The summed E-state index contributed by atoms with van der Waals surface area (Å²) in [7, 11) is 1.45. The van der Waals surface area contributed by atoms with Crippen molar-refractivity contribution in [2.24, 2.45) is 5.92 Å². The van der Waals surface area contributed by atoms with Crippen LogP contribution >= 0.6 is 0 Å². The number of ketones is 1. The van der Waals surface area contributed by atoms with Gasteiger partial charge in [0.05, 0.1) is 6.10 Å². The van der Waals surface area contributed by atoms with Crippen LogP contribution in [0.25, 0.3) is 0 Å². The van der Waals surface area contributed by atoms with Crippen LogP contribution in [0, 0.1) is 50.0 Å². The Hall–Kier alpha value is 0.952. The third kappa shape index (κ3) is 2.25. The second-order valence-corrected chi connectivity index (χ2v) is 4.58. The Morgan fingerprint density at radius 2 is 2.25 bits per heavy atom. The van der Waals surface area contributed by atoms with E-state index in [4.69, 9.17) is 14.7 Å². The molecular weight excluding hydrogens is 427 g/mol. The first-order valence-corrected chi connectivity index (χ1v) is 5.05. The summed E-state index contributed by atoms with van der Waals surface area (Å²) < 4.78 is 10.4. The van der Waals surface area contributed by atoms with Gasteiger partial charge in [0, 0.05) is 63.5 Å². The number of epoxide rings is 1. The number of fused-ring (bicyclic) bond motifs is 1. The molecule has 16 heavy (non-hydrogen) atoms. The molecule has 1 aliphatic heterocycles. The summed E-state index contributed by atoms with van der Waals surface area (Å²) in [5.41, 5.74) is -0.583. The topological polar surface area (TPSA) is 68.3 Å². The molecule has 1 saturated heterocycles. The van der Waals surface area contributed by atoms with Crippen molar-refractivity contribution in [3.8, 4) is 0 Å². The zero-order valence-electron chi connectivity index (χ0n) is 9.73. The largest absolute Gasteiger partial charge is 0.358 e. The minimum absolute atomic E-state index is 0. The molecule has 89 valence electrons. The third-order valence-corrected chi connectivity index (χ3v) is 3.76. The quantitative estimate of drug-likeness (QED) is 0.305. The van der Waals surface area contributed by atoms with E-state index < -0.39 is 11.4 Å². The van der Waals surface area contributed by atoms with Crippen molar-refractivity contribution in [2.45, 2.75) is 44.2 Å². The minimum atomic E-state index is -1.12. The van der Waals surface area contributed by atoms with Crippen molar-refractivity contribution in [2.75, 3.05) is 7.11 Å². The van der Waals surface area contributed by atoms with Crippen LogP contribution in [0.15, 0.2) is 0 Å². The van der Waals surface area contributed by atoms with E-state index in [2.05, 4.69) is 4.89 Å². The van der Waals surface area contributed by atoms with Gasteiger partial charge in [-0.05, 0) is 20.3 Å². The van der Waals surface area contributed by atoms with Gasteiger partial charge in [-0.25, -0.2) is 10.1 Å². The van der Waals surface area contributed by atoms with Crippen LogP contribution < -0.4 is 0 Å². The van der Waals surface area contributed by atoms with Gasteiger partial charge in [0.15, 0.2) is 5.78 Å². The van der Waals surface area contributed by atoms with Gasteiger partial charge in [0.1, 0.15) is 5.60 Å². The first kappa shape index (κ1) is 15.0. The number of ether oxygens (including phenoxy) is 2. The Kier molecular flexibility index (Phi) is 4.61. The second-order valence-electron chi connectivity index (χ2n) is 4.58. The van der Waals surface area contributed by atoms with Crippen molar-refractivity contribution in [3.63, 3.8) is 0 Å². The number of carbonyl (C=O) groups is 1. The number of rotatable bonds is 3. The SMILES string of the molecule is COC(C)(OO)C1CC(=O)C2(C)OC2C1.[Ac]. The summed E-state index contributed by atoms with van der Waals surface area (Å²) in [6, 6.07) is 0. The maximum atomic E-state index is 11.7. The van der Waals surface area contributed by atoms with E-state index >= 15 is 0 Å². The molecule has 4 atom stereocenters. The summed E-state index contributed by atoms with van der Waals surface area (Å²) in [6.07, 6.45) is 0.943. The van der Waals surface area contributed by atoms with Crippen LogP contribution in [0.5, 0.6) is 0 Å². The number of carbonyl (C=O) groups excluding carboxylic acids is 1. The summed E-state index contributed by atoms with van der Waals surface area (Å²) in [4.78, 5) is 16.1. The Morgan fingerprint density at radius 1 is 1.62 bits per heavy atom. The third-order valence-electron chi connectivity index (χ3n) is 3.76. The molecule has 1 aliphatic carbocycles. The fourth-order valence-corrected chi connectivity index (χ4v) is 2.23. The molecule has 4 unspecified atom stereocenters. The number of Topliss-reactive ketones (excluding diaryl/α,β-unsaturated/α-hetero) is 1. The summed E-state index contributed by atoms with van der Waals surface area (Å²) in [6.45, 7) is 3.43. The number of methoxy groups -OCH3 is 1. The molecule has 2 fully saturated rings. The molecule has 5 nitrogen and oxygen atoms in total. The number of hydrogen-bond acceptors (Lipinski definition) is 5. The van der Waals surface area contributed by atoms with Crippen LogP contribution in [0.3, 0.4) is 0 Å². The Bertz CT molecular complexity index is 291. The van der Waals surface area contributed by atoms with Crippen LogP contribution in [0.2, 0.25) is 0 Å². The Morgan fingerprint density at radius 3 is 2.69 bits per heavy atom. The predicted molar refractivity (Wildman–Crippen MR) is 50.1 cm³/mol. The van der Waals surface area contributed by atoms with E-state index in [-0.39, 0.29) is 61.9 Å². The predicted octanol–water partition coefficient (Wildman–Crippen LogP) is 0.975. The fraction of sp³-hybridized carbons (Fsp3) is 0.900. The van der Waals surface area contributed by atoms with Crippen LogP contribution in [0.4, 0.5) is 0 Å². The van der Waals surface area contributed by atoms with Gasteiger partial charge < -0.3 is 9.47 Å². The molecule has 1 N–H and O–H groups in total. The average molecular weight is 443 g/mol. The Labute approximate surface area is 130 Å². The van der Waals surface area contributed by atoms with Gasteiger partial charge in [-0.15, -0.1) is 0 Å². The normalized spacial score (nSPS) is 40.6. The molecule has 1 saturated carbocycles. The van der Waals surface area contributed by atoms with Crippen molar-refractivity contribution in [1.82, 2.24) is 0 Å². The zero-order valence-corrected chi connectivity index (χ0v) is 14.5. The van der Waals surface area contributed by atoms with Crippen molar-refractivity contribution in [1.29, 1.82) is 0 Å². The van der Waals surface area contributed by atoms with E-state index in [0.29, 0.717) is 12.8 Å². The summed E-state index contributed by atoms with van der Waals surface area (Å²) >= 11 is 0. The van der Waals surface area contributed by atoms with Crippen LogP contribution in [0.1, 0.15) is 26.7 Å². The first-order chi connectivity index (χ1) is 6.96. The molecular formula is C10H16AcO5. The molecule has 0 spiro atoms. The molecule has 0 aromatic heterocycles. The second kappa shape index (κ2) is 4.91. The smallest absolute Gasteiger partial charge is 0.201 e. The maximum Gasteiger partial charge on any atom is 0.201 e. The van der Waals surface area contributed by atoms with Crippen LogP contribution in [-0.4, -0.2) is 35.6 Å². The fourth-order valence-electron chi connectivity index (χ4n) is 2.23.